The van der Waals surface area contributed by atoms with Crippen LogP contribution in [-0.4, -0.2) is 17.7 Å². The van der Waals surface area contributed by atoms with Crippen molar-refractivity contribution >= 4 is 5.97 Å². The van der Waals surface area contributed by atoms with Crippen LogP contribution in [0.15, 0.2) is 29.3 Å². The van der Waals surface area contributed by atoms with Gasteiger partial charge in [-0.25, -0.2) is 0 Å². The summed E-state index contributed by atoms with van der Waals surface area (Å²) in [4.78, 5) is 10.6. The van der Waals surface area contributed by atoms with E-state index < -0.39 is 17.7 Å². The summed E-state index contributed by atoms with van der Waals surface area (Å²) in [5.41, 5.74) is 1.73. The van der Waals surface area contributed by atoms with Crippen LogP contribution < -0.4 is 4.74 Å². The van der Waals surface area contributed by atoms with E-state index in [1.807, 2.05) is 0 Å². The maximum atomic E-state index is 13.3. The second kappa shape index (κ2) is 8.60. The topological polar surface area (TPSA) is 46.5 Å². The molecule has 1 unspecified atom stereocenters. The van der Waals surface area contributed by atoms with Gasteiger partial charge in [0.2, 0.25) is 0 Å². The molecule has 0 saturated heterocycles. The van der Waals surface area contributed by atoms with Crippen LogP contribution in [-0.2, 0) is 17.4 Å². The summed E-state index contributed by atoms with van der Waals surface area (Å²) in [6, 6.07) is 3.79. The number of aliphatic carboxylic acids is 1. The Morgan fingerprint density at radius 2 is 2.04 bits per heavy atom. The zero-order chi connectivity index (χ0) is 19.3. The summed E-state index contributed by atoms with van der Waals surface area (Å²) < 4.78 is 45.5. The van der Waals surface area contributed by atoms with E-state index >= 15 is 0 Å². The van der Waals surface area contributed by atoms with Crippen LogP contribution in [0.5, 0.6) is 5.75 Å². The Kier molecular flexibility index (Phi) is 6.73. The molecule has 0 radical (unpaired) electrons. The number of carbonyl (C=O) groups is 1. The van der Waals surface area contributed by atoms with Crippen molar-refractivity contribution in [1.82, 2.24) is 0 Å². The van der Waals surface area contributed by atoms with Gasteiger partial charge in [0.1, 0.15) is 12.4 Å². The number of hydrogen-bond donors (Lipinski definition) is 1. The van der Waals surface area contributed by atoms with E-state index in [-0.39, 0.29) is 24.2 Å². The van der Waals surface area contributed by atoms with Gasteiger partial charge in [-0.1, -0.05) is 25.5 Å². The summed E-state index contributed by atoms with van der Waals surface area (Å²) in [7, 11) is 0. The van der Waals surface area contributed by atoms with Gasteiger partial charge >= 0.3 is 12.1 Å². The summed E-state index contributed by atoms with van der Waals surface area (Å²) in [6.07, 6.45) is -0.961. The standard InChI is InChI=1S/C20H25F3O3/c1-3-13(2)17-6-4-5-15(17)12-26-16-9-7-14(8-10-19(24)25)18(11-16)20(21,22)23/h7,9,11,13H,3-6,8,10,12H2,1-2H3,(H,24,25). The lowest BCUT2D eigenvalue weighted by molar-refractivity contribution is -0.140. The van der Waals surface area contributed by atoms with Crippen LogP contribution in [0.1, 0.15) is 57.1 Å². The smallest absolute Gasteiger partial charge is 0.416 e. The van der Waals surface area contributed by atoms with Crippen molar-refractivity contribution < 1.29 is 27.8 Å². The summed E-state index contributed by atoms with van der Waals surface area (Å²) in [6.45, 7) is 4.60. The molecule has 144 valence electrons. The molecule has 3 nitrogen and oxygen atoms in total. The van der Waals surface area contributed by atoms with Crippen LogP contribution in [0.25, 0.3) is 0 Å². The first-order chi connectivity index (χ1) is 12.2. The highest BCUT2D eigenvalue weighted by Crippen LogP contribution is 2.36. The first-order valence-corrected chi connectivity index (χ1v) is 8.97. The van der Waals surface area contributed by atoms with Crippen molar-refractivity contribution in [3.05, 3.63) is 40.5 Å². The number of benzene rings is 1. The van der Waals surface area contributed by atoms with Crippen molar-refractivity contribution in [3.8, 4) is 5.75 Å². The number of alkyl halides is 3. The highest BCUT2D eigenvalue weighted by atomic mass is 19.4. The van der Waals surface area contributed by atoms with Crippen LogP contribution in [0.3, 0.4) is 0 Å². The number of hydrogen-bond acceptors (Lipinski definition) is 2. The molecule has 1 aliphatic carbocycles. The third-order valence-electron chi connectivity index (χ3n) is 4.99. The fourth-order valence-electron chi connectivity index (χ4n) is 3.37. The molecule has 6 heteroatoms. The van der Waals surface area contributed by atoms with Gasteiger partial charge in [0.25, 0.3) is 0 Å². The summed E-state index contributed by atoms with van der Waals surface area (Å²) >= 11 is 0. The first kappa shape index (κ1) is 20.3. The Morgan fingerprint density at radius 3 is 2.65 bits per heavy atom. The molecule has 0 saturated carbocycles. The van der Waals surface area contributed by atoms with E-state index in [1.165, 1.54) is 23.3 Å². The zero-order valence-electron chi connectivity index (χ0n) is 15.2. The van der Waals surface area contributed by atoms with Crippen molar-refractivity contribution in [2.75, 3.05) is 6.61 Å². The monoisotopic (exact) mass is 370 g/mol. The molecule has 0 aliphatic heterocycles. The second-order valence-electron chi connectivity index (χ2n) is 6.79. The van der Waals surface area contributed by atoms with Gasteiger partial charge in [0.15, 0.2) is 0 Å². The maximum Gasteiger partial charge on any atom is 0.416 e. The van der Waals surface area contributed by atoms with Gasteiger partial charge in [0.05, 0.1) is 5.56 Å². The lowest BCUT2D eigenvalue weighted by Gasteiger charge is -2.17. The van der Waals surface area contributed by atoms with Crippen molar-refractivity contribution in [2.45, 2.75) is 58.5 Å². The molecule has 1 atom stereocenters. The van der Waals surface area contributed by atoms with Crippen LogP contribution >= 0.6 is 0 Å². The van der Waals surface area contributed by atoms with Crippen LogP contribution in [0.4, 0.5) is 13.2 Å². The number of halogens is 3. The van der Waals surface area contributed by atoms with E-state index in [1.54, 1.807) is 0 Å². The number of ether oxygens (including phenoxy) is 1. The average Bonchev–Trinajstić information content (AvgIpc) is 3.05. The lowest BCUT2D eigenvalue weighted by atomic mass is 9.95. The molecule has 0 amide bonds. The Labute approximate surface area is 151 Å². The fourth-order valence-corrected chi connectivity index (χ4v) is 3.37. The number of carboxylic acid groups (broad SMARTS) is 1. The predicted molar refractivity (Wildman–Crippen MR) is 93.2 cm³/mol. The number of carboxylic acids is 1. The third-order valence-corrected chi connectivity index (χ3v) is 4.99. The molecule has 1 aromatic carbocycles. The Bertz CT molecular complexity index is 677. The molecule has 0 aromatic heterocycles. The molecular formula is C20H25F3O3. The van der Waals surface area contributed by atoms with Crippen molar-refractivity contribution in [3.63, 3.8) is 0 Å². The minimum atomic E-state index is -4.54. The fraction of sp³-hybridized carbons (Fsp3) is 0.550. The van der Waals surface area contributed by atoms with Crippen molar-refractivity contribution in [1.29, 1.82) is 0 Å². The van der Waals surface area contributed by atoms with Gasteiger partial charge in [0, 0.05) is 6.42 Å². The van der Waals surface area contributed by atoms with Gasteiger partial charge in [-0.2, -0.15) is 13.2 Å². The quantitative estimate of drug-likeness (QED) is 0.604. The van der Waals surface area contributed by atoms with E-state index in [9.17, 15) is 18.0 Å². The molecule has 0 spiro atoms. The molecule has 2 rings (SSSR count). The van der Waals surface area contributed by atoms with Gasteiger partial charge in [-0.3, -0.25) is 4.79 Å². The Hall–Kier alpha value is -1.98. The van der Waals surface area contributed by atoms with Crippen LogP contribution in [0.2, 0.25) is 0 Å². The number of aryl methyl sites for hydroxylation is 1. The Morgan fingerprint density at radius 1 is 1.31 bits per heavy atom. The largest absolute Gasteiger partial charge is 0.489 e. The summed E-state index contributed by atoms with van der Waals surface area (Å²) in [5, 5.41) is 8.71. The highest BCUT2D eigenvalue weighted by Gasteiger charge is 2.34. The molecule has 0 bridgehead atoms. The maximum absolute atomic E-state index is 13.3. The molecule has 1 N–H and O–H groups in total. The first-order valence-electron chi connectivity index (χ1n) is 8.97. The molecule has 0 fully saturated rings. The van der Waals surface area contributed by atoms with Gasteiger partial charge in [-0.15, -0.1) is 0 Å². The number of rotatable bonds is 8. The SMILES string of the molecule is CCC(C)C1=C(COc2ccc(CCC(=O)O)c(C(F)(F)F)c2)CCC1. The van der Waals surface area contributed by atoms with E-state index in [2.05, 4.69) is 13.8 Å². The molecule has 0 heterocycles. The minimum absolute atomic E-state index is 0.0207. The van der Waals surface area contributed by atoms with E-state index in [0.29, 0.717) is 12.5 Å². The van der Waals surface area contributed by atoms with Crippen molar-refractivity contribution in [2.24, 2.45) is 5.92 Å². The Balaban J connectivity index is 2.16. The average molecular weight is 370 g/mol. The third kappa shape index (κ3) is 5.26. The molecule has 26 heavy (non-hydrogen) atoms. The van der Waals surface area contributed by atoms with Gasteiger partial charge < -0.3 is 9.84 Å². The van der Waals surface area contributed by atoms with E-state index in [4.69, 9.17) is 9.84 Å². The van der Waals surface area contributed by atoms with Gasteiger partial charge in [-0.05, 0) is 61.3 Å². The normalized spacial score (nSPS) is 16.0. The van der Waals surface area contributed by atoms with E-state index in [0.717, 1.165) is 31.7 Å². The zero-order valence-corrected chi connectivity index (χ0v) is 15.2. The predicted octanol–water partition coefficient (Wildman–Crippen LogP) is 5.63. The summed E-state index contributed by atoms with van der Waals surface area (Å²) in [5.74, 6) is -0.483. The highest BCUT2D eigenvalue weighted by molar-refractivity contribution is 5.67. The molecular weight excluding hydrogens is 345 g/mol. The molecule has 1 aromatic rings. The molecule has 1 aliphatic rings. The minimum Gasteiger partial charge on any atom is -0.489 e. The lowest BCUT2D eigenvalue weighted by Crippen LogP contribution is -2.12. The second-order valence-corrected chi connectivity index (χ2v) is 6.79. The number of allylic oxidation sites excluding steroid dienone is 1. The van der Waals surface area contributed by atoms with Crippen LogP contribution in [0, 0.1) is 5.92 Å².